The Labute approximate surface area is 255 Å². The number of nitrogens with zero attached hydrogens (tertiary/aromatic N) is 4. The van der Waals surface area contributed by atoms with Gasteiger partial charge in [-0.25, -0.2) is 27.6 Å². The number of ether oxygens (including phenoxy) is 2. The van der Waals surface area contributed by atoms with Crippen LogP contribution in [-0.2, 0) is 27.2 Å². The van der Waals surface area contributed by atoms with Crippen LogP contribution >= 0.6 is 23.1 Å². The van der Waals surface area contributed by atoms with Gasteiger partial charge < -0.3 is 25.0 Å². The average Bonchev–Trinajstić information content (AvgIpc) is 3.63. The Morgan fingerprint density at radius 2 is 2.02 bits per heavy atom. The van der Waals surface area contributed by atoms with E-state index in [9.17, 15) is 27.8 Å². The molecule has 232 valence electrons. The van der Waals surface area contributed by atoms with Crippen molar-refractivity contribution in [3.8, 4) is 11.5 Å². The number of thiazole rings is 1. The molecule has 0 unspecified atom stereocenters. The molecule has 13 nitrogen and oxygen atoms in total. The molecule has 0 amide bonds. The third-order valence-corrected chi connectivity index (χ3v) is 9.52. The van der Waals surface area contributed by atoms with Gasteiger partial charge in [-0.3, -0.25) is 4.79 Å². The minimum Gasteiger partial charge on any atom is -0.491 e. The predicted octanol–water partition coefficient (Wildman–Crippen LogP) is 2.36. The van der Waals surface area contributed by atoms with Gasteiger partial charge in [-0.2, -0.15) is 11.8 Å². The van der Waals surface area contributed by atoms with Crippen LogP contribution in [0.2, 0.25) is 0 Å². The molecule has 2 aromatic carbocycles. The highest BCUT2D eigenvalue weighted by Gasteiger charge is 2.21. The molecule has 0 aliphatic heterocycles. The van der Waals surface area contributed by atoms with Crippen molar-refractivity contribution in [2.75, 3.05) is 32.2 Å². The monoisotopic (exact) mass is 654 g/mol. The number of hydrogen-bond donors (Lipinski definition) is 4. The van der Waals surface area contributed by atoms with E-state index < -0.39 is 28.7 Å². The number of carboxylic acid groups (broad SMARTS) is 1. The number of sulfonamides is 1. The average molecular weight is 655 g/mol. The Balaban J connectivity index is 1.30. The Morgan fingerprint density at radius 1 is 1.21 bits per heavy atom. The Kier molecular flexibility index (Phi) is 11.7. The van der Waals surface area contributed by atoms with Crippen molar-refractivity contribution in [2.24, 2.45) is 5.14 Å². The molecule has 0 fully saturated rings. The van der Waals surface area contributed by atoms with Crippen LogP contribution in [0.3, 0.4) is 0 Å². The van der Waals surface area contributed by atoms with Crippen LogP contribution in [-0.4, -0.2) is 82.8 Å². The molecule has 0 bridgehead atoms. The fraction of sp³-hybridized carbons (Fsp3) is 0.385. The molecule has 0 aliphatic rings. The van der Waals surface area contributed by atoms with Crippen LogP contribution < -0.4 is 19.9 Å². The lowest BCUT2D eigenvalue weighted by atomic mass is 10.2. The number of carboxylic acids is 1. The zero-order valence-corrected chi connectivity index (χ0v) is 25.3. The lowest BCUT2D eigenvalue weighted by Crippen LogP contribution is -2.42. The van der Waals surface area contributed by atoms with Gasteiger partial charge in [0.25, 0.3) is 10.0 Å². The van der Waals surface area contributed by atoms with Gasteiger partial charge in [-0.1, -0.05) is 17.3 Å². The fourth-order valence-electron chi connectivity index (χ4n) is 3.96. The zero-order valence-electron chi connectivity index (χ0n) is 22.8. The Hall–Kier alpha value is -3.35. The van der Waals surface area contributed by atoms with E-state index in [1.165, 1.54) is 11.8 Å². The summed E-state index contributed by atoms with van der Waals surface area (Å²) in [5, 5.41) is 35.8. The van der Waals surface area contributed by atoms with Gasteiger partial charge in [0, 0.05) is 30.7 Å². The summed E-state index contributed by atoms with van der Waals surface area (Å²) in [6, 6.07) is 11.0. The molecule has 0 aliphatic carbocycles. The molecule has 2 atom stereocenters. The molecule has 2 aromatic heterocycles. The van der Waals surface area contributed by atoms with Gasteiger partial charge in [0.1, 0.15) is 43.1 Å². The SMILES string of the molecule is NS(=O)(=O)c1nc2cc(OCc3cn([C@H](CCO)CN[C@@H](CSCc4cccc(OCCF)c4)C(=O)O)nn3)ccc2s1. The first-order valence-corrected chi connectivity index (χ1v) is 16.6. The van der Waals surface area contributed by atoms with E-state index in [2.05, 4.69) is 20.6 Å². The molecule has 0 saturated heterocycles. The van der Waals surface area contributed by atoms with Crippen LogP contribution in [0.1, 0.15) is 23.7 Å². The second kappa shape index (κ2) is 15.4. The van der Waals surface area contributed by atoms with Gasteiger partial charge in [0.2, 0.25) is 4.34 Å². The highest BCUT2D eigenvalue weighted by molar-refractivity contribution is 7.98. The van der Waals surface area contributed by atoms with Crippen LogP contribution in [0.25, 0.3) is 10.2 Å². The molecular weight excluding hydrogens is 624 g/mol. The first-order chi connectivity index (χ1) is 20.7. The van der Waals surface area contributed by atoms with Crippen LogP contribution in [0, 0.1) is 0 Å². The summed E-state index contributed by atoms with van der Waals surface area (Å²) in [6.07, 6.45) is 1.97. The van der Waals surface area contributed by atoms with Crippen LogP contribution in [0.4, 0.5) is 4.39 Å². The number of alkyl halides is 1. The predicted molar refractivity (Wildman–Crippen MR) is 160 cm³/mol. The van der Waals surface area contributed by atoms with Crippen molar-refractivity contribution in [1.82, 2.24) is 25.3 Å². The molecule has 5 N–H and O–H groups in total. The Morgan fingerprint density at radius 3 is 2.77 bits per heavy atom. The molecule has 4 aromatic rings. The molecular formula is C26H31FN6O7S3. The highest BCUT2D eigenvalue weighted by atomic mass is 32.2. The van der Waals surface area contributed by atoms with E-state index >= 15 is 0 Å². The smallest absolute Gasteiger partial charge is 0.321 e. The minimum atomic E-state index is -3.90. The topological polar surface area (TPSA) is 192 Å². The number of nitrogens with two attached hydrogens (primary N) is 1. The number of nitrogens with one attached hydrogen (secondary N) is 1. The third-order valence-electron chi connectivity index (χ3n) is 6.06. The van der Waals surface area contributed by atoms with Crippen LogP contribution in [0.5, 0.6) is 11.5 Å². The van der Waals surface area contributed by atoms with E-state index in [1.807, 2.05) is 6.07 Å². The number of aromatic nitrogens is 4. The normalized spacial score (nSPS) is 13.2. The summed E-state index contributed by atoms with van der Waals surface area (Å²) < 4.78 is 48.6. The fourth-order valence-corrected chi connectivity index (χ4v) is 6.63. The molecule has 0 saturated carbocycles. The number of aliphatic hydroxyl groups excluding tert-OH is 1. The summed E-state index contributed by atoms with van der Waals surface area (Å²) in [6.45, 7) is -0.456. The Bertz CT molecular complexity index is 1620. The van der Waals surface area contributed by atoms with Gasteiger partial charge in [-0.15, -0.1) is 16.4 Å². The van der Waals surface area contributed by atoms with E-state index in [0.29, 0.717) is 39.6 Å². The summed E-state index contributed by atoms with van der Waals surface area (Å²) in [5.41, 5.74) is 1.86. The molecule has 0 spiro atoms. The zero-order chi connectivity index (χ0) is 30.8. The van der Waals surface area contributed by atoms with Crippen molar-refractivity contribution < 1.29 is 37.3 Å². The number of thioether (sulfide) groups is 1. The number of hydrogen-bond acceptors (Lipinski definition) is 12. The number of aliphatic carboxylic acids is 1. The molecule has 4 rings (SSSR count). The second-order valence-electron chi connectivity index (χ2n) is 9.30. The summed E-state index contributed by atoms with van der Waals surface area (Å²) in [5.74, 6) is 0.842. The van der Waals surface area contributed by atoms with E-state index in [0.717, 1.165) is 16.9 Å². The quantitative estimate of drug-likeness (QED) is 0.123. The summed E-state index contributed by atoms with van der Waals surface area (Å²) >= 11 is 2.40. The summed E-state index contributed by atoms with van der Waals surface area (Å²) in [7, 11) is -3.90. The molecule has 2 heterocycles. The van der Waals surface area contributed by atoms with E-state index in [4.69, 9.17) is 14.6 Å². The van der Waals surface area contributed by atoms with Crippen molar-refractivity contribution >= 4 is 49.3 Å². The number of fused-ring (bicyclic) bond motifs is 1. The van der Waals surface area contributed by atoms with Crippen LogP contribution in [0.15, 0.2) is 53.0 Å². The van der Waals surface area contributed by atoms with E-state index in [1.54, 1.807) is 47.3 Å². The minimum absolute atomic E-state index is 0.0213. The molecule has 17 heteroatoms. The lowest BCUT2D eigenvalue weighted by molar-refractivity contribution is -0.138. The van der Waals surface area contributed by atoms with Crippen molar-refractivity contribution in [3.05, 3.63) is 59.9 Å². The first-order valence-electron chi connectivity index (χ1n) is 13.1. The second-order valence-corrected chi connectivity index (χ2v) is 13.1. The number of rotatable bonds is 18. The first kappa shape index (κ1) is 32.6. The maximum absolute atomic E-state index is 12.4. The lowest BCUT2D eigenvalue weighted by Gasteiger charge is -2.20. The van der Waals surface area contributed by atoms with Gasteiger partial charge in [0.15, 0.2) is 0 Å². The number of primary sulfonamides is 1. The van der Waals surface area contributed by atoms with Crippen molar-refractivity contribution in [3.63, 3.8) is 0 Å². The number of aliphatic hydroxyl groups is 1. The van der Waals surface area contributed by atoms with Gasteiger partial charge >= 0.3 is 5.97 Å². The van der Waals surface area contributed by atoms with Crippen molar-refractivity contribution in [2.45, 2.75) is 35.2 Å². The maximum Gasteiger partial charge on any atom is 0.321 e. The van der Waals surface area contributed by atoms with Gasteiger partial charge in [-0.05, 0) is 36.2 Å². The molecule has 43 heavy (non-hydrogen) atoms. The molecule has 0 radical (unpaired) electrons. The summed E-state index contributed by atoms with van der Waals surface area (Å²) in [4.78, 5) is 16.0. The largest absolute Gasteiger partial charge is 0.491 e. The number of carbonyl (C=O) groups is 1. The number of benzene rings is 2. The standard InChI is InChI=1S/C26H31FN6O7S3/c27-7-9-39-20-3-1-2-17(10-20)15-41-16-23(25(35)36)29-12-19(6-8-34)33-13-18(31-32-33)14-40-21-4-5-24-22(11-21)30-26(42-24)43(28,37)38/h1-5,10-11,13,19,23,29,34H,6-9,12,14-16H2,(H,35,36)(H2,28,37,38)/t19-,23+/m1/s1. The maximum atomic E-state index is 12.4. The third kappa shape index (κ3) is 9.57. The van der Waals surface area contributed by atoms with E-state index in [-0.39, 0.29) is 42.5 Å². The highest BCUT2D eigenvalue weighted by Crippen LogP contribution is 2.28. The number of halogens is 1. The van der Waals surface area contributed by atoms with Crippen molar-refractivity contribution in [1.29, 1.82) is 0 Å². The van der Waals surface area contributed by atoms with Gasteiger partial charge in [0.05, 0.1) is 22.5 Å².